The van der Waals surface area contributed by atoms with Gasteiger partial charge < -0.3 is 0 Å². The molecule has 20 heavy (non-hydrogen) atoms. The Morgan fingerprint density at radius 1 is 0.800 bits per heavy atom. The molecule has 0 saturated carbocycles. The van der Waals surface area contributed by atoms with Gasteiger partial charge in [-0.25, -0.2) is 20.4 Å². The van der Waals surface area contributed by atoms with Crippen LogP contribution in [0.3, 0.4) is 0 Å². The molecule has 4 nitrogen and oxygen atoms in total. The number of aryl methyl sites for hydroxylation is 2. The zero-order valence-corrected chi connectivity index (χ0v) is 12.1. The molecule has 0 spiro atoms. The first-order chi connectivity index (χ1) is 9.62. The third kappa shape index (κ3) is 18.1. The van der Waals surface area contributed by atoms with Gasteiger partial charge in [0, 0.05) is 0 Å². The quantitative estimate of drug-likeness (QED) is 0.422. The van der Waals surface area contributed by atoms with Crippen LogP contribution in [0.2, 0.25) is 0 Å². The number of hydrogen-bond donors (Lipinski definition) is 2. The van der Waals surface area contributed by atoms with Crippen LogP contribution in [-0.4, -0.2) is 12.2 Å². The molecule has 0 atom stereocenters. The van der Waals surface area contributed by atoms with Gasteiger partial charge in [0.25, 0.3) is 0 Å². The van der Waals surface area contributed by atoms with Crippen LogP contribution in [0.15, 0.2) is 36.4 Å². The molecule has 0 fully saturated rings. The monoisotopic (exact) mass is 274 g/mol. The molecule has 0 aliphatic heterocycles. The van der Waals surface area contributed by atoms with E-state index in [4.69, 9.17) is 20.4 Å². The van der Waals surface area contributed by atoms with Crippen molar-refractivity contribution >= 4 is 12.2 Å². The van der Waals surface area contributed by atoms with E-state index in [2.05, 4.69) is 50.3 Å². The molecule has 1 aromatic carbocycles. The molecule has 2 N–H and O–H groups in total. The lowest BCUT2D eigenvalue weighted by atomic mass is 10.1. The summed E-state index contributed by atoms with van der Waals surface area (Å²) in [7, 11) is 0. The first-order valence-electron chi connectivity index (χ1n) is 6.38. The van der Waals surface area contributed by atoms with E-state index in [1.807, 2.05) is 0 Å². The maximum atomic E-state index is 8.35. The van der Waals surface area contributed by atoms with Gasteiger partial charge in [0.1, 0.15) is 0 Å². The standard InChI is InChI=1S/C8H10.C6H10.2CHNO/c1-7-3-5-8(2)6-4-7;1-2-4-6-5-3-1;2*2-1-3/h3-6H,1-2H3;1-2H,3-6H2;2*2H. The third-order valence-electron chi connectivity index (χ3n) is 2.38. The van der Waals surface area contributed by atoms with Crippen molar-refractivity contribution in [3.63, 3.8) is 0 Å². The summed E-state index contributed by atoms with van der Waals surface area (Å²) in [6.07, 6.45) is 11.5. The third-order valence-corrected chi connectivity index (χ3v) is 2.38. The molecular weight excluding hydrogens is 252 g/mol. The van der Waals surface area contributed by atoms with Crippen molar-refractivity contribution in [3.05, 3.63) is 47.5 Å². The van der Waals surface area contributed by atoms with Gasteiger partial charge in [0.15, 0.2) is 0 Å². The van der Waals surface area contributed by atoms with Crippen LogP contribution in [0.4, 0.5) is 0 Å². The molecule has 1 aliphatic carbocycles. The molecule has 4 heteroatoms. The Labute approximate surface area is 120 Å². The van der Waals surface area contributed by atoms with Gasteiger partial charge in [-0.05, 0) is 39.5 Å². The minimum Gasteiger partial charge on any atom is -0.222 e. The number of hydrogen-bond acceptors (Lipinski definition) is 4. The number of carbonyl (C=O) groups excluding carboxylic acids is 2. The fraction of sp³-hybridized carbons (Fsp3) is 0.375. The first-order valence-corrected chi connectivity index (χ1v) is 6.38. The topological polar surface area (TPSA) is 81.8 Å². The van der Waals surface area contributed by atoms with E-state index in [0.717, 1.165) is 12.2 Å². The molecule has 0 aromatic heterocycles. The van der Waals surface area contributed by atoms with E-state index >= 15 is 0 Å². The Morgan fingerprint density at radius 3 is 1.20 bits per heavy atom. The predicted molar refractivity (Wildman–Crippen MR) is 80.4 cm³/mol. The minimum atomic E-state index is 0.750. The summed E-state index contributed by atoms with van der Waals surface area (Å²) in [6, 6.07) is 8.48. The molecule has 2 rings (SSSR count). The first kappa shape index (κ1) is 20.0. The average molecular weight is 274 g/mol. The predicted octanol–water partition coefficient (Wildman–Crippen LogP) is 4.22. The van der Waals surface area contributed by atoms with Crippen LogP contribution in [0.5, 0.6) is 0 Å². The van der Waals surface area contributed by atoms with Crippen LogP contribution >= 0.6 is 0 Å². The van der Waals surface area contributed by atoms with Crippen molar-refractivity contribution in [3.8, 4) is 0 Å². The number of allylic oxidation sites excluding steroid dienone is 2. The molecule has 0 bridgehead atoms. The Bertz CT molecular complexity index is 383. The molecule has 1 aromatic rings. The molecular formula is C16H22N2O2. The van der Waals surface area contributed by atoms with Crippen molar-refractivity contribution in [2.75, 3.05) is 0 Å². The maximum absolute atomic E-state index is 8.35. The average Bonchev–Trinajstić information content (AvgIpc) is 2.46. The highest BCUT2D eigenvalue weighted by molar-refractivity contribution is 5.26. The summed E-state index contributed by atoms with van der Waals surface area (Å²) in [6.45, 7) is 4.19. The Kier molecular flexibility index (Phi) is 16.8. The van der Waals surface area contributed by atoms with Crippen LogP contribution in [-0.2, 0) is 9.59 Å². The molecule has 0 amide bonds. The summed E-state index contributed by atoms with van der Waals surface area (Å²) >= 11 is 0. The summed E-state index contributed by atoms with van der Waals surface area (Å²) in [5.74, 6) is 0. The Balaban J connectivity index is 0. The van der Waals surface area contributed by atoms with E-state index in [9.17, 15) is 0 Å². The second kappa shape index (κ2) is 16.7. The van der Waals surface area contributed by atoms with Crippen molar-refractivity contribution < 1.29 is 9.59 Å². The summed E-state index contributed by atoms with van der Waals surface area (Å²) < 4.78 is 0. The lowest BCUT2D eigenvalue weighted by molar-refractivity contribution is 0.562. The van der Waals surface area contributed by atoms with E-state index in [-0.39, 0.29) is 0 Å². The van der Waals surface area contributed by atoms with E-state index in [0.29, 0.717) is 0 Å². The van der Waals surface area contributed by atoms with Crippen molar-refractivity contribution in [1.29, 1.82) is 10.8 Å². The van der Waals surface area contributed by atoms with Crippen molar-refractivity contribution in [2.24, 2.45) is 0 Å². The normalized spacial score (nSPS) is 10.9. The van der Waals surface area contributed by atoms with Crippen LogP contribution in [0.25, 0.3) is 0 Å². The van der Waals surface area contributed by atoms with Crippen LogP contribution < -0.4 is 0 Å². The van der Waals surface area contributed by atoms with Crippen LogP contribution in [0, 0.1) is 24.7 Å². The maximum Gasteiger partial charge on any atom is 0.231 e. The Morgan fingerprint density at radius 2 is 1.05 bits per heavy atom. The van der Waals surface area contributed by atoms with Gasteiger partial charge >= 0.3 is 0 Å². The second-order valence-corrected chi connectivity index (χ2v) is 4.11. The largest absolute Gasteiger partial charge is 0.231 e. The molecule has 0 radical (unpaired) electrons. The molecule has 1 aliphatic rings. The number of nitrogens with one attached hydrogen (secondary N) is 2. The smallest absolute Gasteiger partial charge is 0.222 e. The fourth-order valence-electron chi connectivity index (χ4n) is 1.40. The molecule has 0 saturated heterocycles. The molecule has 108 valence electrons. The summed E-state index contributed by atoms with van der Waals surface area (Å²) in [4.78, 5) is 16.7. The van der Waals surface area contributed by atoms with Gasteiger partial charge in [0.05, 0.1) is 0 Å². The minimum absolute atomic E-state index is 0.750. The van der Waals surface area contributed by atoms with Gasteiger partial charge in [-0.1, -0.05) is 47.5 Å². The lowest BCUT2D eigenvalue weighted by Crippen LogP contribution is -1.77. The molecule has 0 unspecified atom stereocenters. The number of benzene rings is 1. The number of rotatable bonds is 0. The Hall–Kier alpha value is -2.28. The second-order valence-electron chi connectivity index (χ2n) is 4.11. The van der Waals surface area contributed by atoms with Gasteiger partial charge in [-0.3, -0.25) is 0 Å². The highest BCUT2D eigenvalue weighted by atomic mass is 16.1. The fourth-order valence-corrected chi connectivity index (χ4v) is 1.40. The number of isocyanates is 2. The highest BCUT2D eigenvalue weighted by Crippen LogP contribution is 2.07. The highest BCUT2D eigenvalue weighted by Gasteiger charge is 1.87. The van der Waals surface area contributed by atoms with Gasteiger partial charge in [-0.2, -0.15) is 0 Å². The van der Waals surface area contributed by atoms with Crippen molar-refractivity contribution in [1.82, 2.24) is 0 Å². The zero-order chi connectivity index (χ0) is 15.6. The lowest BCUT2D eigenvalue weighted by Gasteiger charge is -1.97. The summed E-state index contributed by atoms with van der Waals surface area (Å²) in [5, 5.41) is 10.8. The summed E-state index contributed by atoms with van der Waals surface area (Å²) in [5.41, 5.74) is 2.66. The van der Waals surface area contributed by atoms with Crippen molar-refractivity contribution in [2.45, 2.75) is 39.5 Å². The van der Waals surface area contributed by atoms with Gasteiger partial charge in [0.2, 0.25) is 12.2 Å². The van der Waals surface area contributed by atoms with E-state index in [1.54, 1.807) is 0 Å². The molecule has 0 heterocycles. The van der Waals surface area contributed by atoms with Gasteiger partial charge in [-0.15, -0.1) is 0 Å². The van der Waals surface area contributed by atoms with E-state index < -0.39 is 0 Å². The van der Waals surface area contributed by atoms with E-state index in [1.165, 1.54) is 36.8 Å². The zero-order valence-electron chi connectivity index (χ0n) is 12.1. The SMILES string of the molecule is C1=CCCCC1.Cc1ccc(C)cc1.N=C=O.N=C=O. The van der Waals surface area contributed by atoms with Crippen LogP contribution in [0.1, 0.15) is 36.8 Å².